The van der Waals surface area contributed by atoms with E-state index in [0.717, 1.165) is 19.4 Å². The van der Waals surface area contributed by atoms with Crippen LogP contribution < -0.4 is 5.32 Å². The smallest absolute Gasteiger partial charge is 0.247 e. The number of amides is 2. The highest BCUT2D eigenvalue weighted by atomic mass is 16.5. The summed E-state index contributed by atoms with van der Waals surface area (Å²) in [4.78, 5) is 25.4. The number of carbonyl (C=O) groups excluding carboxylic acids is 2. The highest BCUT2D eigenvalue weighted by molar-refractivity contribution is 5.92. The first-order valence-corrected chi connectivity index (χ1v) is 6.65. The molecule has 1 N–H and O–H groups in total. The van der Waals surface area contributed by atoms with Gasteiger partial charge in [-0.1, -0.05) is 13.3 Å². The molecule has 0 unspecified atom stereocenters. The standard InChI is InChI=1S/C13H24N2O3/c1-4-5-9-18-10-8-15-7-6-11(16)14-13(2,3)12(15)17/h4-10H2,1-3H3,(H,14,16). The zero-order valence-corrected chi connectivity index (χ0v) is 11.6. The SMILES string of the molecule is CCCCOCCN1CCC(=O)NC(C)(C)C1=O. The zero-order valence-electron chi connectivity index (χ0n) is 11.6. The summed E-state index contributed by atoms with van der Waals surface area (Å²) in [6.07, 6.45) is 2.51. The maximum atomic E-state index is 12.2. The average Bonchev–Trinajstić information content (AvgIpc) is 2.39. The van der Waals surface area contributed by atoms with Crippen molar-refractivity contribution >= 4 is 11.8 Å². The van der Waals surface area contributed by atoms with Crippen LogP contribution in [0.2, 0.25) is 0 Å². The van der Waals surface area contributed by atoms with E-state index in [0.29, 0.717) is 26.1 Å². The second kappa shape index (κ2) is 6.73. The molecule has 1 rings (SSSR count). The summed E-state index contributed by atoms with van der Waals surface area (Å²) in [5.74, 6) is -0.102. The van der Waals surface area contributed by atoms with Crippen molar-refractivity contribution in [2.24, 2.45) is 0 Å². The monoisotopic (exact) mass is 256 g/mol. The largest absolute Gasteiger partial charge is 0.380 e. The van der Waals surface area contributed by atoms with Gasteiger partial charge in [0.1, 0.15) is 5.54 Å². The molecule has 0 aromatic rings. The Hall–Kier alpha value is -1.10. The first-order chi connectivity index (χ1) is 8.47. The van der Waals surface area contributed by atoms with Gasteiger partial charge in [-0.05, 0) is 20.3 Å². The van der Waals surface area contributed by atoms with Crippen molar-refractivity contribution in [3.8, 4) is 0 Å². The van der Waals surface area contributed by atoms with Crippen LogP contribution in [-0.2, 0) is 14.3 Å². The fourth-order valence-electron chi connectivity index (χ4n) is 1.93. The Morgan fingerprint density at radius 3 is 2.72 bits per heavy atom. The Bertz CT molecular complexity index is 303. The second-order valence-electron chi connectivity index (χ2n) is 5.18. The topological polar surface area (TPSA) is 58.6 Å². The minimum atomic E-state index is -0.809. The number of carbonyl (C=O) groups is 2. The van der Waals surface area contributed by atoms with Crippen LogP contribution in [0, 0.1) is 0 Å². The second-order valence-corrected chi connectivity index (χ2v) is 5.18. The van der Waals surface area contributed by atoms with Crippen molar-refractivity contribution in [2.75, 3.05) is 26.3 Å². The molecular formula is C13H24N2O3. The molecule has 5 heteroatoms. The van der Waals surface area contributed by atoms with Gasteiger partial charge in [0.25, 0.3) is 0 Å². The quantitative estimate of drug-likeness (QED) is 0.719. The molecule has 0 radical (unpaired) electrons. The third kappa shape index (κ3) is 4.29. The van der Waals surface area contributed by atoms with Gasteiger partial charge in [0.15, 0.2) is 0 Å². The van der Waals surface area contributed by atoms with Gasteiger partial charge in [-0.3, -0.25) is 9.59 Å². The van der Waals surface area contributed by atoms with E-state index in [2.05, 4.69) is 12.2 Å². The average molecular weight is 256 g/mol. The fraction of sp³-hybridized carbons (Fsp3) is 0.846. The van der Waals surface area contributed by atoms with Gasteiger partial charge < -0.3 is 15.0 Å². The summed E-state index contributed by atoms with van der Waals surface area (Å²) >= 11 is 0. The van der Waals surface area contributed by atoms with E-state index in [4.69, 9.17) is 4.74 Å². The molecule has 1 aliphatic rings. The molecule has 0 atom stereocenters. The van der Waals surface area contributed by atoms with Crippen LogP contribution in [0.1, 0.15) is 40.0 Å². The summed E-state index contributed by atoms with van der Waals surface area (Å²) < 4.78 is 5.46. The van der Waals surface area contributed by atoms with Crippen LogP contribution in [-0.4, -0.2) is 48.6 Å². The Labute approximate surface area is 109 Å². The summed E-state index contributed by atoms with van der Waals surface area (Å²) in [7, 11) is 0. The van der Waals surface area contributed by atoms with Crippen LogP contribution in [0.5, 0.6) is 0 Å². The van der Waals surface area contributed by atoms with Gasteiger partial charge >= 0.3 is 0 Å². The Balaban J connectivity index is 2.43. The molecule has 0 aromatic heterocycles. The summed E-state index contributed by atoms with van der Waals surface area (Å²) in [5, 5.41) is 2.74. The van der Waals surface area contributed by atoms with Crippen LogP contribution >= 0.6 is 0 Å². The number of nitrogens with one attached hydrogen (secondary N) is 1. The maximum absolute atomic E-state index is 12.2. The number of hydrogen-bond donors (Lipinski definition) is 1. The van der Waals surface area contributed by atoms with Crippen molar-refractivity contribution in [3.63, 3.8) is 0 Å². The molecular weight excluding hydrogens is 232 g/mol. The molecule has 1 saturated heterocycles. The molecule has 5 nitrogen and oxygen atoms in total. The first-order valence-electron chi connectivity index (χ1n) is 6.65. The summed E-state index contributed by atoms with van der Waals surface area (Å²) in [5.41, 5.74) is -0.809. The van der Waals surface area contributed by atoms with Crippen molar-refractivity contribution in [1.29, 1.82) is 0 Å². The first kappa shape index (κ1) is 15.0. The van der Waals surface area contributed by atoms with E-state index in [1.807, 2.05) is 0 Å². The molecule has 1 aliphatic heterocycles. The van der Waals surface area contributed by atoms with Crippen molar-refractivity contribution in [3.05, 3.63) is 0 Å². The number of ether oxygens (including phenoxy) is 1. The Kier molecular flexibility index (Phi) is 5.59. The normalized spacial score (nSPS) is 19.6. The number of rotatable bonds is 6. The number of unbranched alkanes of at least 4 members (excludes halogenated alkanes) is 1. The molecule has 0 aromatic carbocycles. The van der Waals surface area contributed by atoms with Crippen LogP contribution in [0.3, 0.4) is 0 Å². The van der Waals surface area contributed by atoms with Crippen molar-refractivity contribution < 1.29 is 14.3 Å². The van der Waals surface area contributed by atoms with Gasteiger partial charge in [-0.25, -0.2) is 0 Å². The predicted molar refractivity (Wildman–Crippen MR) is 69.1 cm³/mol. The number of hydrogen-bond acceptors (Lipinski definition) is 3. The molecule has 1 heterocycles. The minimum Gasteiger partial charge on any atom is -0.380 e. The van der Waals surface area contributed by atoms with E-state index >= 15 is 0 Å². The summed E-state index contributed by atoms with van der Waals surface area (Å²) in [6.45, 7) is 7.90. The highest BCUT2D eigenvalue weighted by Crippen LogP contribution is 2.12. The molecule has 0 bridgehead atoms. The molecule has 2 amide bonds. The van der Waals surface area contributed by atoms with Crippen molar-refractivity contribution in [1.82, 2.24) is 10.2 Å². The van der Waals surface area contributed by atoms with E-state index in [9.17, 15) is 9.59 Å². The van der Waals surface area contributed by atoms with Gasteiger partial charge in [-0.15, -0.1) is 0 Å². The van der Waals surface area contributed by atoms with E-state index < -0.39 is 5.54 Å². The molecule has 0 aliphatic carbocycles. The Morgan fingerprint density at radius 2 is 2.06 bits per heavy atom. The highest BCUT2D eigenvalue weighted by Gasteiger charge is 2.36. The van der Waals surface area contributed by atoms with E-state index in [1.165, 1.54) is 0 Å². The lowest BCUT2D eigenvalue weighted by Crippen LogP contribution is -2.53. The van der Waals surface area contributed by atoms with Gasteiger partial charge in [0, 0.05) is 26.1 Å². The van der Waals surface area contributed by atoms with Gasteiger partial charge in [0.2, 0.25) is 11.8 Å². The minimum absolute atomic E-state index is 0.0348. The molecule has 18 heavy (non-hydrogen) atoms. The third-order valence-electron chi connectivity index (χ3n) is 3.03. The van der Waals surface area contributed by atoms with E-state index in [-0.39, 0.29) is 11.8 Å². The molecule has 1 fully saturated rings. The third-order valence-corrected chi connectivity index (χ3v) is 3.03. The van der Waals surface area contributed by atoms with Gasteiger partial charge in [0.05, 0.1) is 6.61 Å². The van der Waals surface area contributed by atoms with Crippen molar-refractivity contribution in [2.45, 2.75) is 45.6 Å². The predicted octanol–water partition coefficient (Wildman–Crippen LogP) is 0.930. The van der Waals surface area contributed by atoms with Crippen LogP contribution in [0.25, 0.3) is 0 Å². The zero-order chi connectivity index (χ0) is 13.6. The molecule has 0 saturated carbocycles. The maximum Gasteiger partial charge on any atom is 0.247 e. The lowest BCUT2D eigenvalue weighted by atomic mass is 10.0. The van der Waals surface area contributed by atoms with E-state index in [1.54, 1.807) is 18.7 Å². The van der Waals surface area contributed by atoms with Gasteiger partial charge in [-0.2, -0.15) is 0 Å². The lowest BCUT2D eigenvalue weighted by Gasteiger charge is -2.28. The molecule has 104 valence electrons. The molecule has 0 spiro atoms. The van der Waals surface area contributed by atoms with Crippen LogP contribution in [0.15, 0.2) is 0 Å². The Morgan fingerprint density at radius 1 is 1.33 bits per heavy atom. The fourth-order valence-corrected chi connectivity index (χ4v) is 1.93. The lowest BCUT2D eigenvalue weighted by molar-refractivity contribution is -0.138. The van der Waals surface area contributed by atoms with Crippen LogP contribution in [0.4, 0.5) is 0 Å². The number of nitrogens with zero attached hydrogens (tertiary/aromatic N) is 1. The summed E-state index contributed by atoms with van der Waals surface area (Å²) in [6, 6.07) is 0.